The normalized spacial score (nSPS) is 12.9. The van der Waals surface area contributed by atoms with Crippen molar-refractivity contribution < 1.29 is 4.74 Å². The molecule has 0 saturated carbocycles. The molecular weight excluding hydrogens is 242 g/mol. The van der Waals surface area contributed by atoms with Gasteiger partial charge in [-0.25, -0.2) is 0 Å². The molecule has 0 N–H and O–H groups in total. The van der Waals surface area contributed by atoms with Crippen LogP contribution in [0.2, 0.25) is 0 Å². The molecule has 0 heterocycles. The lowest BCUT2D eigenvalue weighted by Crippen LogP contribution is -2.32. The molecule has 3 heteroatoms. The minimum absolute atomic E-state index is 0.149. The summed E-state index contributed by atoms with van der Waals surface area (Å²) in [5.74, 6) is 0.911. The fraction of sp³-hybridized carbons (Fsp3) is 0.455. The van der Waals surface area contributed by atoms with Crippen LogP contribution >= 0.6 is 15.9 Å². The summed E-state index contributed by atoms with van der Waals surface area (Å²) >= 11 is 3.39. The topological polar surface area (TPSA) is 12.5 Å². The Morgan fingerprint density at radius 2 is 1.86 bits per heavy atom. The van der Waals surface area contributed by atoms with Crippen molar-refractivity contribution in [1.29, 1.82) is 0 Å². The lowest BCUT2D eigenvalue weighted by atomic mass is 10.3. The fourth-order valence-electron chi connectivity index (χ4n) is 1.22. The Bertz CT molecular complexity index is 271. The van der Waals surface area contributed by atoms with E-state index in [1.807, 2.05) is 38.4 Å². The van der Waals surface area contributed by atoms with Crippen LogP contribution in [0.3, 0.4) is 0 Å². The van der Waals surface area contributed by atoms with Crippen LogP contribution in [0.25, 0.3) is 0 Å². The third-order valence-corrected chi connectivity index (χ3v) is 2.54. The van der Waals surface area contributed by atoms with E-state index in [2.05, 4.69) is 27.8 Å². The van der Waals surface area contributed by atoms with Gasteiger partial charge in [0, 0.05) is 4.47 Å². The fourth-order valence-corrected chi connectivity index (χ4v) is 1.49. The van der Waals surface area contributed by atoms with Gasteiger partial charge in [0.2, 0.25) is 0 Å². The third-order valence-electron chi connectivity index (χ3n) is 2.01. The lowest BCUT2D eigenvalue weighted by Gasteiger charge is -2.23. The summed E-state index contributed by atoms with van der Waals surface area (Å²) in [5.41, 5.74) is 0. The molecule has 0 amide bonds. The zero-order valence-corrected chi connectivity index (χ0v) is 10.4. The predicted octanol–water partition coefficient (Wildman–Crippen LogP) is 3.13. The average Bonchev–Trinajstić information content (AvgIpc) is 2.16. The van der Waals surface area contributed by atoms with Gasteiger partial charge in [-0.15, -0.1) is 0 Å². The molecule has 1 rings (SSSR count). The Labute approximate surface area is 94.0 Å². The van der Waals surface area contributed by atoms with Crippen molar-refractivity contribution in [2.75, 3.05) is 14.1 Å². The summed E-state index contributed by atoms with van der Waals surface area (Å²) in [6.07, 6.45) is 1.12. The van der Waals surface area contributed by atoms with Crippen LogP contribution in [0, 0.1) is 0 Å². The Morgan fingerprint density at radius 3 is 2.29 bits per heavy atom. The highest BCUT2D eigenvalue weighted by Crippen LogP contribution is 2.18. The number of hydrogen-bond donors (Lipinski definition) is 0. The zero-order chi connectivity index (χ0) is 10.6. The van der Waals surface area contributed by atoms with Gasteiger partial charge >= 0.3 is 0 Å². The van der Waals surface area contributed by atoms with Crippen molar-refractivity contribution in [3.8, 4) is 5.75 Å². The van der Waals surface area contributed by atoms with Crippen LogP contribution < -0.4 is 4.74 Å². The van der Waals surface area contributed by atoms with Gasteiger partial charge < -0.3 is 4.74 Å². The summed E-state index contributed by atoms with van der Waals surface area (Å²) in [7, 11) is 4.04. The summed E-state index contributed by atoms with van der Waals surface area (Å²) in [6, 6.07) is 7.90. The summed E-state index contributed by atoms with van der Waals surface area (Å²) in [4.78, 5) is 2.07. The molecular formula is C11H16BrNO. The summed E-state index contributed by atoms with van der Waals surface area (Å²) in [6.45, 7) is 2.11. The van der Waals surface area contributed by atoms with Gasteiger partial charge in [0.25, 0.3) is 0 Å². The molecule has 0 aliphatic heterocycles. The van der Waals surface area contributed by atoms with Crippen LogP contribution in [0.5, 0.6) is 5.75 Å². The highest BCUT2D eigenvalue weighted by Gasteiger charge is 2.09. The molecule has 2 nitrogen and oxygen atoms in total. The summed E-state index contributed by atoms with van der Waals surface area (Å²) in [5, 5.41) is 0. The molecule has 14 heavy (non-hydrogen) atoms. The first-order valence-electron chi connectivity index (χ1n) is 4.72. The molecule has 0 fully saturated rings. The van der Waals surface area contributed by atoms with Crippen LogP contribution in [0.15, 0.2) is 28.7 Å². The molecule has 0 aromatic heterocycles. The van der Waals surface area contributed by atoms with E-state index in [-0.39, 0.29) is 6.23 Å². The highest BCUT2D eigenvalue weighted by molar-refractivity contribution is 9.10. The minimum Gasteiger partial charge on any atom is -0.475 e. The van der Waals surface area contributed by atoms with Gasteiger partial charge in [0.1, 0.15) is 5.75 Å². The first kappa shape index (κ1) is 11.5. The van der Waals surface area contributed by atoms with E-state index in [1.54, 1.807) is 0 Å². The maximum Gasteiger partial charge on any atom is 0.151 e. The standard InChI is InChI=1S/C11H16BrNO/c1-4-11(13(2)3)14-10-7-5-9(12)6-8-10/h5-8,11H,4H2,1-3H3. The molecule has 78 valence electrons. The second-order valence-corrected chi connectivity index (χ2v) is 4.31. The van der Waals surface area contributed by atoms with Crippen molar-refractivity contribution in [2.45, 2.75) is 19.6 Å². The predicted molar refractivity (Wildman–Crippen MR) is 62.5 cm³/mol. The first-order chi connectivity index (χ1) is 6.63. The van der Waals surface area contributed by atoms with Crippen molar-refractivity contribution in [3.05, 3.63) is 28.7 Å². The number of hydrogen-bond acceptors (Lipinski definition) is 2. The first-order valence-corrected chi connectivity index (χ1v) is 5.51. The second-order valence-electron chi connectivity index (χ2n) is 3.40. The van der Waals surface area contributed by atoms with E-state index < -0.39 is 0 Å². The van der Waals surface area contributed by atoms with Gasteiger partial charge in [0.05, 0.1) is 0 Å². The monoisotopic (exact) mass is 257 g/mol. The summed E-state index contributed by atoms with van der Waals surface area (Å²) < 4.78 is 6.86. The van der Waals surface area contributed by atoms with Crippen molar-refractivity contribution >= 4 is 15.9 Å². The number of rotatable bonds is 4. The van der Waals surface area contributed by atoms with Crippen LogP contribution in [-0.4, -0.2) is 25.2 Å². The van der Waals surface area contributed by atoms with E-state index in [4.69, 9.17) is 4.74 Å². The van der Waals surface area contributed by atoms with E-state index in [0.717, 1.165) is 16.6 Å². The van der Waals surface area contributed by atoms with Crippen LogP contribution in [0.4, 0.5) is 0 Å². The number of ether oxygens (including phenoxy) is 1. The van der Waals surface area contributed by atoms with Gasteiger partial charge in [-0.3, -0.25) is 4.90 Å². The van der Waals surface area contributed by atoms with Gasteiger partial charge in [-0.1, -0.05) is 22.9 Å². The van der Waals surface area contributed by atoms with E-state index in [9.17, 15) is 0 Å². The molecule has 0 aliphatic carbocycles. The molecule has 1 aromatic rings. The molecule has 1 unspecified atom stereocenters. The molecule has 0 radical (unpaired) electrons. The largest absolute Gasteiger partial charge is 0.475 e. The lowest BCUT2D eigenvalue weighted by molar-refractivity contribution is 0.0612. The molecule has 0 saturated heterocycles. The van der Waals surface area contributed by atoms with Gasteiger partial charge in [-0.05, 0) is 44.8 Å². The van der Waals surface area contributed by atoms with Crippen LogP contribution in [-0.2, 0) is 0 Å². The second kappa shape index (κ2) is 5.37. The molecule has 0 bridgehead atoms. The van der Waals surface area contributed by atoms with E-state index in [1.165, 1.54) is 0 Å². The molecule has 1 atom stereocenters. The Kier molecular flexibility index (Phi) is 4.42. The smallest absolute Gasteiger partial charge is 0.151 e. The minimum atomic E-state index is 0.149. The number of benzene rings is 1. The average molecular weight is 258 g/mol. The quantitative estimate of drug-likeness (QED) is 0.769. The van der Waals surface area contributed by atoms with Gasteiger partial charge in [-0.2, -0.15) is 0 Å². The van der Waals surface area contributed by atoms with Gasteiger partial charge in [0.15, 0.2) is 6.23 Å². The SMILES string of the molecule is CCC(Oc1ccc(Br)cc1)N(C)C. The van der Waals surface area contributed by atoms with Crippen molar-refractivity contribution in [1.82, 2.24) is 4.90 Å². The van der Waals surface area contributed by atoms with Crippen molar-refractivity contribution in [3.63, 3.8) is 0 Å². The third kappa shape index (κ3) is 3.31. The number of halogens is 1. The Balaban J connectivity index is 2.63. The van der Waals surface area contributed by atoms with Crippen LogP contribution in [0.1, 0.15) is 13.3 Å². The Hall–Kier alpha value is -0.540. The maximum atomic E-state index is 5.79. The van der Waals surface area contributed by atoms with E-state index in [0.29, 0.717) is 0 Å². The molecule has 0 aliphatic rings. The van der Waals surface area contributed by atoms with E-state index >= 15 is 0 Å². The maximum absolute atomic E-state index is 5.79. The molecule has 1 aromatic carbocycles. The van der Waals surface area contributed by atoms with Crippen molar-refractivity contribution in [2.24, 2.45) is 0 Å². The number of nitrogens with zero attached hydrogens (tertiary/aromatic N) is 1. The zero-order valence-electron chi connectivity index (χ0n) is 8.83. The molecule has 0 spiro atoms. The highest BCUT2D eigenvalue weighted by atomic mass is 79.9. The Morgan fingerprint density at radius 1 is 1.29 bits per heavy atom.